The molecule has 33 heteroatoms. The predicted molar refractivity (Wildman–Crippen MR) is 584 cm³/mol. The van der Waals surface area contributed by atoms with Crippen LogP contribution in [0.1, 0.15) is 112 Å². The number of nitrogens with two attached hydrogens (primary N) is 2. The Balaban J connectivity index is 0.000000211. The number of carbonyl (C=O) groups is 3. The molecule has 0 aliphatic heterocycles. The number of carbonyl (C=O) groups excluding carboxylic acids is 3. The second kappa shape index (κ2) is 52.5. The number of ether oxygens (including phenoxy) is 6. The van der Waals surface area contributed by atoms with Crippen LogP contribution in [-0.4, -0.2) is 114 Å². The van der Waals surface area contributed by atoms with Crippen molar-refractivity contribution in [1.29, 1.82) is 0 Å². The van der Waals surface area contributed by atoms with E-state index in [-0.39, 0.29) is 42.6 Å². The number of pyridine rings is 4. The summed E-state index contributed by atoms with van der Waals surface area (Å²) in [4.78, 5) is 87.3. The Morgan fingerprint density at radius 2 is 0.770 bits per heavy atom. The van der Waals surface area contributed by atoms with Crippen LogP contribution in [0.2, 0.25) is 5.15 Å². The van der Waals surface area contributed by atoms with Crippen LogP contribution in [0.5, 0.6) is 46.0 Å². The van der Waals surface area contributed by atoms with Gasteiger partial charge in [-0.25, -0.2) is 54.4 Å². The lowest BCUT2D eigenvalue weighted by Gasteiger charge is -2.27. The van der Waals surface area contributed by atoms with Crippen molar-refractivity contribution in [3.63, 3.8) is 0 Å². The number of hydrogen-bond acceptors (Lipinski definition) is 26. The zero-order chi connectivity index (χ0) is 98.3. The summed E-state index contributed by atoms with van der Waals surface area (Å²) in [6.45, 7) is 32.5. The van der Waals surface area contributed by atoms with E-state index in [1.807, 2.05) is 269 Å². The third-order valence-corrected chi connectivity index (χ3v) is 21.1. The fourth-order valence-corrected chi connectivity index (χ4v) is 13.8. The van der Waals surface area contributed by atoms with Crippen molar-refractivity contribution in [3.8, 4) is 46.0 Å². The van der Waals surface area contributed by atoms with Crippen molar-refractivity contribution in [2.24, 2.45) is 5.73 Å². The van der Waals surface area contributed by atoms with Gasteiger partial charge in [0.15, 0.2) is 0 Å². The van der Waals surface area contributed by atoms with Gasteiger partial charge in [0.05, 0.1) is 53.4 Å². The van der Waals surface area contributed by atoms with Crippen molar-refractivity contribution in [3.05, 3.63) is 337 Å². The summed E-state index contributed by atoms with van der Waals surface area (Å²) in [6.07, 6.45) is 21.3. The highest BCUT2D eigenvalue weighted by molar-refractivity contribution is 14.1. The van der Waals surface area contributed by atoms with Gasteiger partial charge in [0.1, 0.15) is 105 Å². The number of nitrogens with zero attached hydrogens (tertiary/aromatic N) is 13. The fourth-order valence-electron chi connectivity index (χ4n) is 12.7. The summed E-state index contributed by atoms with van der Waals surface area (Å²) >= 11 is 10.4. The van der Waals surface area contributed by atoms with Crippen LogP contribution in [0.3, 0.4) is 0 Å². The lowest BCUT2D eigenvalue weighted by atomic mass is 10.1. The Kier molecular flexibility index (Phi) is 41.0. The molecule has 28 nitrogen and oxygen atoms in total. The molecule has 0 unspecified atom stereocenters. The number of aromatic nitrogens is 12. The lowest BCUT2D eigenvalue weighted by Crippen LogP contribution is -2.43. The molecular weight excluding hydrogens is 2120 g/mol. The number of nitrogens with one attached hydrogen (secondary N) is 4. The van der Waals surface area contributed by atoms with Crippen LogP contribution in [0, 0.1) is 62.5 Å². The van der Waals surface area contributed by atoms with Gasteiger partial charge in [-0.3, -0.25) is 29.4 Å². The van der Waals surface area contributed by atoms with Crippen LogP contribution in [0.15, 0.2) is 269 Å². The largest absolute Gasteiger partial charge is 0.455 e. The number of hydrogen-bond donors (Lipinski definition) is 6. The van der Waals surface area contributed by atoms with Gasteiger partial charge in [0.25, 0.3) is 0 Å². The van der Waals surface area contributed by atoms with Gasteiger partial charge < -0.3 is 61.2 Å². The summed E-state index contributed by atoms with van der Waals surface area (Å²) in [5.41, 5.74) is 26.9. The molecule has 0 saturated carbocycles. The number of imide groups is 1. The first-order valence-corrected chi connectivity index (χ1v) is 46.1. The molecule has 16 aromatic rings. The van der Waals surface area contributed by atoms with Crippen LogP contribution in [-0.2, 0) is 14.3 Å². The van der Waals surface area contributed by atoms with Crippen LogP contribution >= 0.6 is 80.8 Å². The highest BCUT2D eigenvalue weighted by Gasteiger charge is 2.30. The second-order valence-corrected chi connectivity index (χ2v) is 35.9. The first kappa shape index (κ1) is 109. The highest BCUT2D eigenvalue weighted by Crippen LogP contribution is 2.36. The molecule has 0 saturated heterocycles. The monoisotopic (exact) mass is 2230 g/mol. The number of aryl methyl sites for hydroxylation is 8. The molecular formula is C106H112ClFI3N19O9. The molecule has 3 amide bonds. The molecule has 139 heavy (non-hydrogen) atoms. The zero-order valence-electron chi connectivity index (χ0n) is 79.6. The van der Waals surface area contributed by atoms with Crippen molar-refractivity contribution >= 4 is 195 Å². The van der Waals surface area contributed by atoms with E-state index >= 15 is 0 Å². The van der Waals surface area contributed by atoms with E-state index < -0.39 is 23.4 Å². The molecule has 16 rings (SSSR count). The number of halogens is 5. The van der Waals surface area contributed by atoms with Crippen LogP contribution < -0.4 is 51.7 Å². The van der Waals surface area contributed by atoms with E-state index in [2.05, 4.69) is 145 Å². The fraction of sp³-hybridized carbons (Fsp3) is 0.198. The first-order valence-electron chi connectivity index (χ1n) is 43.6. The molecule has 0 aliphatic rings. The van der Waals surface area contributed by atoms with E-state index in [4.69, 9.17) is 51.5 Å². The Hall–Kier alpha value is -14.1. The molecule has 8 N–H and O–H groups in total. The molecule has 8 aromatic heterocycles. The minimum absolute atomic E-state index is 0. The van der Waals surface area contributed by atoms with Crippen molar-refractivity contribution in [1.82, 2.24) is 70.0 Å². The molecule has 0 atom stereocenters. The van der Waals surface area contributed by atoms with Gasteiger partial charge in [-0.1, -0.05) is 61.0 Å². The molecule has 8 heterocycles. The maximum absolute atomic E-state index is 11.8. The minimum atomic E-state index is -0.739. The summed E-state index contributed by atoms with van der Waals surface area (Å²) in [7, 11) is 0. The Morgan fingerprint density at radius 1 is 0.432 bits per heavy atom. The third kappa shape index (κ3) is 34.2. The van der Waals surface area contributed by atoms with Gasteiger partial charge in [-0.05, 0) is 357 Å². The van der Waals surface area contributed by atoms with Gasteiger partial charge in [0.2, 0.25) is 5.91 Å². The van der Waals surface area contributed by atoms with E-state index in [0.717, 1.165) is 187 Å². The number of rotatable bonds is 22. The van der Waals surface area contributed by atoms with Crippen molar-refractivity contribution < 1.29 is 48.9 Å². The Labute approximate surface area is 858 Å². The average molecular weight is 2230 g/mol. The highest BCUT2D eigenvalue weighted by atomic mass is 127. The van der Waals surface area contributed by atoms with Gasteiger partial charge in [-0.2, -0.15) is 0 Å². The van der Waals surface area contributed by atoms with Crippen molar-refractivity contribution in [2.45, 2.75) is 121 Å². The molecule has 0 aliphatic carbocycles. The van der Waals surface area contributed by atoms with Gasteiger partial charge >= 0.3 is 12.2 Å². The predicted octanol–water partition coefficient (Wildman–Crippen LogP) is 27.0. The van der Waals surface area contributed by atoms with Crippen molar-refractivity contribution in [2.75, 3.05) is 41.3 Å². The summed E-state index contributed by atoms with van der Waals surface area (Å²) in [5, 5.41) is 17.3. The van der Waals surface area contributed by atoms with E-state index in [0.29, 0.717) is 36.2 Å². The molecule has 0 radical (unpaired) electrons. The van der Waals surface area contributed by atoms with E-state index in [1.54, 1.807) is 85.3 Å². The number of amides is 3. The molecule has 720 valence electrons. The number of benzene rings is 8. The SMILES string of the molecule is C=CCN(C(=O)OC(C)(C)C)C(=O)OC(C)(C)C.CCC(=O)NC/C=C/c1ccc2ncnc(Nc3ccc(Oc4ccc(C)nc4)c(C)c3)c2c1.Cc1ccc(Oc2ccc(N)cc2C)cn1.Cc1ccc(Oc2ccc(Nc3ncnc4ccc(/C=C/CN)cc34)cc2C)cn1.Cc1ccc(Oc2ccc(Nc3ncnc4ccc(I)cc34)cc2C)cn1.Clc1ncnc2ccc(I)cc12.F.I.[HH]. The van der Waals surface area contributed by atoms with Crippen LogP contribution in [0.25, 0.3) is 55.8 Å². The normalized spacial score (nSPS) is 10.8. The maximum atomic E-state index is 11.8. The number of fused-ring (bicyclic) bond motifs is 4. The average Bonchev–Trinajstić information content (AvgIpc) is 0.808. The Morgan fingerprint density at radius 3 is 1.11 bits per heavy atom. The smallest absolute Gasteiger partial charge is 0.420 e. The summed E-state index contributed by atoms with van der Waals surface area (Å²) in [5.74, 6) is 8.32. The first-order chi connectivity index (χ1) is 65.6. The quantitative estimate of drug-likeness (QED) is 0.0159. The molecule has 0 fully saturated rings. The maximum Gasteiger partial charge on any atom is 0.420 e. The summed E-state index contributed by atoms with van der Waals surface area (Å²) in [6, 6.07) is 62.8. The third-order valence-electron chi connectivity index (χ3n) is 19.5. The summed E-state index contributed by atoms with van der Waals surface area (Å²) < 4.78 is 36.1. The Bertz CT molecular complexity index is 6930. The number of nitrogen functional groups attached to an aromatic ring is 1. The zero-order valence-corrected chi connectivity index (χ0v) is 87.0. The number of anilines is 7. The van der Waals surface area contributed by atoms with Gasteiger partial charge in [-0.15, -0.1) is 30.6 Å². The minimum Gasteiger partial charge on any atom is -0.455 e. The molecule has 8 aromatic carbocycles. The van der Waals surface area contributed by atoms with E-state index in [1.165, 1.54) is 12.4 Å². The molecule has 0 bridgehead atoms. The lowest BCUT2D eigenvalue weighted by molar-refractivity contribution is -0.120. The second-order valence-electron chi connectivity index (χ2n) is 33.1. The van der Waals surface area contributed by atoms with E-state index in [9.17, 15) is 14.4 Å². The standard InChI is InChI=1S/C27H27N5O2.C24H23N5O.C21H17IN4O.C13H14N2O.C13H23NO4.C8H4ClIN2.FH.HI.H2/c1-4-26(33)28-13-5-6-20-8-11-24-23(15-20)27(31-17-30-24)32-21-9-12-25(18(2)14-21)34-22-10-7-19(3)29-16-22;1-16-12-19(7-10-23(16)30-20-8-5-17(2)26-14-20)29-24-21-13-18(4-3-11-25)6-9-22(21)27-15-28-24;1-13-9-16(5-8-20(13)27-17-6-3-14(2)23-11-17)26-21-18-10-15(22)4-7-19(18)24-12-25-21;1-9-7-11(14)4-6-13(9)16-12-5-3-10(2)15-8-12;1-8-9-14(10(15)17-12(2,3)4)11(16)18-13(5,6)7;9-8-6-3-5(10)1-2-7(6)11-4-12-8;;;/h5-12,14-17H,4,13H2,1-3H3,(H,28,33)(H,30,31,32);3-10,12-15H,11,25H2,1-2H3,(H,27,28,29);3-12H,1-2H3,(H,24,25,26);3-8H,14H2,1-2H3;8H,1,9H2,2-7H3;1-4H;3*1H/b6-5+;4-3+;;;;;;;. The van der Waals surface area contributed by atoms with Gasteiger partial charge in [0, 0.05) is 95.1 Å². The molecule has 0 spiro atoms. The van der Waals surface area contributed by atoms with Crippen LogP contribution in [0.4, 0.5) is 54.5 Å². The topological polar surface area (TPSA) is 365 Å².